The molecule has 1 nitrogen and oxygen atoms in total. The molecule has 1 aliphatic carbocycles. The van der Waals surface area contributed by atoms with Crippen LogP contribution in [0.4, 0.5) is 0 Å². The summed E-state index contributed by atoms with van der Waals surface area (Å²) in [6, 6.07) is 4.45. The summed E-state index contributed by atoms with van der Waals surface area (Å²) in [5.74, 6) is -0.474. The third-order valence-corrected chi connectivity index (χ3v) is 21.1. The SMILES string of the molecule is C[SiH](C)[Zr+2]([C]1=CC=CC1)[c]1ccc[nH]1.[Cl-].[Cl-]. The van der Waals surface area contributed by atoms with Crippen LogP contribution in [0.25, 0.3) is 0 Å². The van der Waals surface area contributed by atoms with E-state index in [-0.39, 0.29) is 24.8 Å². The van der Waals surface area contributed by atoms with Gasteiger partial charge in [-0.05, 0) is 0 Å². The first-order chi connectivity index (χ1) is 6.79. The molecule has 5 heteroatoms. The Morgan fingerprint density at radius 1 is 1.31 bits per heavy atom. The maximum atomic E-state index is 3.45. The standard InChI is InChI=1S/C5H5.C4H4N.C2H7Si.2ClH.Zr/c2*1-2-4-5-3-1;1-3-2;;;/h1-3H,4H2;1-3,5H;3H,1-2H3;2*1H;/q;;;;;+2/p-2. The molecule has 87 valence electrons. The number of hydrogen-bond donors (Lipinski definition) is 1. The summed E-state index contributed by atoms with van der Waals surface area (Å²) < 4.78 is 3.39. The van der Waals surface area contributed by atoms with Crippen LogP contribution >= 0.6 is 0 Å². The average molecular weight is 352 g/mol. The third-order valence-electron chi connectivity index (χ3n) is 2.58. The number of aromatic nitrogens is 1. The van der Waals surface area contributed by atoms with Crippen LogP contribution in [0.3, 0.4) is 0 Å². The van der Waals surface area contributed by atoms with Gasteiger partial charge in [-0.1, -0.05) is 0 Å². The molecule has 0 saturated carbocycles. The molecule has 0 fully saturated rings. The molecule has 0 saturated heterocycles. The van der Waals surface area contributed by atoms with Crippen molar-refractivity contribution >= 4 is 9.33 Å². The molecule has 0 amide bonds. The molecule has 0 atom stereocenters. The molecule has 1 aliphatic rings. The molecule has 0 spiro atoms. The topological polar surface area (TPSA) is 15.8 Å². The van der Waals surface area contributed by atoms with E-state index in [1.54, 1.807) is 6.68 Å². The Balaban J connectivity index is 0.00000112. The van der Waals surface area contributed by atoms with Crippen LogP contribution in [0.5, 0.6) is 0 Å². The van der Waals surface area contributed by atoms with Gasteiger partial charge in [0.05, 0.1) is 0 Å². The van der Waals surface area contributed by atoms with E-state index in [0.29, 0.717) is 0 Å². The van der Waals surface area contributed by atoms with Crippen LogP contribution in [-0.4, -0.2) is 10.9 Å². The second-order valence-electron chi connectivity index (χ2n) is 3.98. The maximum Gasteiger partial charge on any atom is -1.00 e. The molecular formula is C11H16Cl2NSiZr. The Bertz CT molecular complexity index is 360. The third kappa shape index (κ3) is 3.73. The predicted molar refractivity (Wildman–Crippen MR) is 61.1 cm³/mol. The zero-order chi connectivity index (χ0) is 9.97. The van der Waals surface area contributed by atoms with Gasteiger partial charge in [0.1, 0.15) is 0 Å². The van der Waals surface area contributed by atoms with E-state index in [0.717, 1.165) is 0 Å². The van der Waals surface area contributed by atoms with E-state index in [2.05, 4.69) is 54.6 Å². The number of hydrogen-bond acceptors (Lipinski definition) is 0. The number of aromatic amines is 1. The minimum absolute atomic E-state index is 0. The fourth-order valence-electron chi connectivity index (χ4n) is 2.00. The molecule has 0 radical (unpaired) electrons. The van der Waals surface area contributed by atoms with Crippen molar-refractivity contribution in [2.24, 2.45) is 0 Å². The van der Waals surface area contributed by atoms with Gasteiger partial charge in [0.15, 0.2) is 0 Å². The largest absolute Gasteiger partial charge is 1.00 e. The van der Waals surface area contributed by atoms with Gasteiger partial charge in [0.25, 0.3) is 0 Å². The molecule has 1 heterocycles. The normalized spacial score (nSPS) is 13.1. The van der Waals surface area contributed by atoms with Gasteiger partial charge in [-0.3, -0.25) is 0 Å². The van der Waals surface area contributed by atoms with Crippen molar-refractivity contribution in [2.45, 2.75) is 19.5 Å². The monoisotopic (exact) mass is 350 g/mol. The van der Waals surface area contributed by atoms with Gasteiger partial charge < -0.3 is 24.8 Å². The van der Waals surface area contributed by atoms with Crippen molar-refractivity contribution < 1.29 is 45.7 Å². The van der Waals surface area contributed by atoms with E-state index >= 15 is 0 Å². The van der Waals surface area contributed by atoms with Crippen LogP contribution in [0, 0.1) is 0 Å². The second kappa shape index (κ2) is 7.71. The van der Waals surface area contributed by atoms with Crippen LogP contribution in [0.1, 0.15) is 6.42 Å². The zero-order valence-electron chi connectivity index (χ0n) is 9.50. The summed E-state index contributed by atoms with van der Waals surface area (Å²) in [5.41, 5.74) is 0. The summed E-state index contributed by atoms with van der Waals surface area (Å²) in [5, 5.41) is 0. The summed E-state index contributed by atoms with van der Waals surface area (Å²) in [6.45, 7) is 5.02. The molecule has 1 aromatic heterocycles. The van der Waals surface area contributed by atoms with Crippen LogP contribution in [0.2, 0.25) is 13.1 Å². The van der Waals surface area contributed by atoms with Crippen molar-refractivity contribution in [3.63, 3.8) is 0 Å². The van der Waals surface area contributed by atoms with Crippen molar-refractivity contribution in [3.05, 3.63) is 39.8 Å². The van der Waals surface area contributed by atoms with Gasteiger partial charge in [-0.25, -0.2) is 0 Å². The van der Waals surface area contributed by atoms with Gasteiger partial charge in [0, 0.05) is 0 Å². The molecule has 0 aliphatic heterocycles. The van der Waals surface area contributed by atoms with Crippen LogP contribution in [-0.2, 0) is 20.9 Å². The Kier molecular flexibility index (Phi) is 7.92. The fraction of sp³-hybridized carbons (Fsp3) is 0.273. The summed E-state index contributed by atoms with van der Waals surface area (Å²) in [4.78, 5) is 3.45. The molecule has 0 bridgehead atoms. The molecule has 0 aromatic carbocycles. The first-order valence-electron chi connectivity index (χ1n) is 5.15. The van der Waals surface area contributed by atoms with E-state index in [1.165, 1.54) is 6.42 Å². The van der Waals surface area contributed by atoms with Crippen molar-refractivity contribution in [2.75, 3.05) is 0 Å². The van der Waals surface area contributed by atoms with E-state index in [9.17, 15) is 0 Å². The molecule has 1 aromatic rings. The molecule has 2 rings (SSSR count). The fourth-order valence-corrected chi connectivity index (χ4v) is 19.4. The predicted octanol–water partition coefficient (Wildman–Crippen LogP) is -3.91. The minimum atomic E-state index is -1.40. The number of H-pyrrole nitrogens is 1. The van der Waals surface area contributed by atoms with Gasteiger partial charge in [-0.2, -0.15) is 0 Å². The summed E-state index contributed by atoms with van der Waals surface area (Å²) in [7, 11) is 0. The van der Waals surface area contributed by atoms with Gasteiger partial charge in [0.2, 0.25) is 0 Å². The Labute approximate surface area is 118 Å². The van der Waals surface area contributed by atoms with Gasteiger partial charge >= 0.3 is 94.6 Å². The smallest absolute Gasteiger partial charge is 1.00 e. The van der Waals surface area contributed by atoms with Crippen molar-refractivity contribution in [3.8, 4) is 0 Å². The number of nitrogens with one attached hydrogen (secondary N) is 1. The Hall–Kier alpha value is 0.440. The molecule has 16 heavy (non-hydrogen) atoms. The van der Waals surface area contributed by atoms with E-state index in [1.807, 2.05) is 0 Å². The summed E-state index contributed by atoms with van der Waals surface area (Å²) >= 11 is -1.40. The number of allylic oxidation sites excluding steroid dienone is 4. The number of rotatable bonds is 3. The zero-order valence-corrected chi connectivity index (χ0v) is 14.6. The quantitative estimate of drug-likeness (QED) is 0.536. The van der Waals surface area contributed by atoms with Crippen molar-refractivity contribution in [1.82, 2.24) is 4.98 Å². The second-order valence-corrected chi connectivity index (χ2v) is 23.2. The number of halogens is 2. The van der Waals surface area contributed by atoms with Crippen molar-refractivity contribution in [1.29, 1.82) is 0 Å². The first-order valence-corrected chi connectivity index (χ1v) is 14.8. The van der Waals surface area contributed by atoms with Gasteiger partial charge in [-0.15, -0.1) is 0 Å². The van der Waals surface area contributed by atoms with E-state index in [4.69, 9.17) is 0 Å². The molecular weight excluding hydrogens is 336 g/mol. The minimum Gasteiger partial charge on any atom is -1.00 e. The Morgan fingerprint density at radius 2 is 2.06 bits per heavy atom. The molecule has 0 unspecified atom stereocenters. The first kappa shape index (κ1) is 16.4. The maximum absolute atomic E-state index is 3.45. The Morgan fingerprint density at radius 3 is 2.50 bits per heavy atom. The van der Waals surface area contributed by atoms with Crippen LogP contribution in [0.15, 0.2) is 39.8 Å². The average Bonchev–Trinajstić information content (AvgIpc) is 2.75. The van der Waals surface area contributed by atoms with E-state index < -0.39 is 26.8 Å². The van der Waals surface area contributed by atoms with Crippen LogP contribution < -0.4 is 28.2 Å². The molecule has 1 N–H and O–H groups in total. The summed E-state index contributed by atoms with van der Waals surface area (Å²) in [6.07, 6.45) is 10.2.